The fourth-order valence-electron chi connectivity index (χ4n) is 2.89. The van der Waals surface area contributed by atoms with Crippen LogP contribution in [0.4, 0.5) is 0 Å². The predicted molar refractivity (Wildman–Crippen MR) is 99.8 cm³/mol. The highest BCUT2D eigenvalue weighted by Crippen LogP contribution is 2.33. The van der Waals surface area contributed by atoms with Crippen LogP contribution in [0.5, 0.6) is 5.75 Å². The molecule has 0 unspecified atom stereocenters. The van der Waals surface area contributed by atoms with Gasteiger partial charge in [0, 0.05) is 5.56 Å². The van der Waals surface area contributed by atoms with Crippen molar-refractivity contribution >= 4 is 17.5 Å². The third-order valence-electron chi connectivity index (χ3n) is 4.53. The molecule has 28 heavy (non-hydrogen) atoms. The minimum atomic E-state index is -1.54. The smallest absolute Gasteiger partial charge is 0.248 e. The van der Waals surface area contributed by atoms with Crippen LogP contribution in [0.2, 0.25) is 5.02 Å². The molecule has 0 bridgehead atoms. The lowest BCUT2D eigenvalue weighted by molar-refractivity contribution is -0.277. The highest BCUT2D eigenvalue weighted by molar-refractivity contribution is 6.32. The molecular formula is C19H20ClNO7. The molecular weight excluding hydrogens is 390 g/mol. The molecule has 5 atom stereocenters. The number of hydrogen-bond acceptors (Lipinski definition) is 7. The van der Waals surface area contributed by atoms with Crippen molar-refractivity contribution in [2.24, 2.45) is 5.73 Å². The molecule has 6 N–H and O–H groups in total. The summed E-state index contributed by atoms with van der Waals surface area (Å²) in [5.41, 5.74) is 7.16. The minimum Gasteiger partial charge on any atom is -0.460 e. The first-order valence-electron chi connectivity index (χ1n) is 8.48. The SMILES string of the molecule is NC(=O)c1ccc(-c2ccc(O[C@H]3O[C@H](CO)[C@@H](O)[C@H](O)[C@@H]3O)c(Cl)c2)cc1. The van der Waals surface area contributed by atoms with E-state index in [1.807, 2.05) is 0 Å². The van der Waals surface area contributed by atoms with Crippen LogP contribution in [0.3, 0.4) is 0 Å². The number of ether oxygens (including phenoxy) is 2. The first-order valence-corrected chi connectivity index (χ1v) is 8.86. The van der Waals surface area contributed by atoms with Gasteiger partial charge in [0.25, 0.3) is 0 Å². The highest BCUT2D eigenvalue weighted by Gasteiger charge is 2.44. The Hall–Kier alpha value is -2.20. The Morgan fingerprint density at radius 2 is 1.68 bits per heavy atom. The van der Waals surface area contributed by atoms with Crippen molar-refractivity contribution in [2.45, 2.75) is 30.7 Å². The Kier molecular flexibility index (Phi) is 6.19. The predicted octanol–water partition coefficient (Wildman–Crippen LogP) is 0.285. The Morgan fingerprint density at radius 1 is 1.04 bits per heavy atom. The number of nitrogens with two attached hydrogens (primary N) is 1. The van der Waals surface area contributed by atoms with Crippen molar-refractivity contribution in [3.8, 4) is 16.9 Å². The molecule has 150 valence electrons. The summed E-state index contributed by atoms with van der Waals surface area (Å²) in [6.45, 7) is -0.557. The van der Waals surface area contributed by atoms with Crippen molar-refractivity contribution in [3.63, 3.8) is 0 Å². The summed E-state index contributed by atoms with van der Waals surface area (Å²) in [6, 6.07) is 11.5. The number of hydrogen-bond donors (Lipinski definition) is 5. The monoisotopic (exact) mass is 409 g/mol. The van der Waals surface area contributed by atoms with Crippen molar-refractivity contribution in [1.29, 1.82) is 0 Å². The molecule has 1 aliphatic rings. The number of aliphatic hydroxyl groups is 4. The van der Waals surface area contributed by atoms with E-state index in [0.717, 1.165) is 11.1 Å². The molecule has 8 nitrogen and oxygen atoms in total. The quantitative estimate of drug-likeness (QED) is 0.477. The van der Waals surface area contributed by atoms with Gasteiger partial charge in [-0.25, -0.2) is 0 Å². The topological polar surface area (TPSA) is 142 Å². The molecule has 1 aliphatic heterocycles. The van der Waals surface area contributed by atoms with Gasteiger partial charge in [-0.2, -0.15) is 0 Å². The molecule has 0 radical (unpaired) electrons. The zero-order chi connectivity index (χ0) is 20.4. The van der Waals surface area contributed by atoms with Gasteiger partial charge >= 0.3 is 0 Å². The summed E-state index contributed by atoms with van der Waals surface area (Å²) in [6.07, 6.45) is -6.95. The first-order chi connectivity index (χ1) is 13.3. The molecule has 1 heterocycles. The molecule has 0 spiro atoms. The second-order valence-corrected chi connectivity index (χ2v) is 6.81. The van der Waals surface area contributed by atoms with E-state index < -0.39 is 43.2 Å². The zero-order valence-electron chi connectivity index (χ0n) is 14.6. The van der Waals surface area contributed by atoms with Crippen molar-refractivity contribution < 1.29 is 34.7 Å². The molecule has 9 heteroatoms. The number of carbonyl (C=O) groups excluding carboxylic acids is 1. The normalized spacial score (nSPS) is 27.4. The maximum Gasteiger partial charge on any atom is 0.248 e. The lowest BCUT2D eigenvalue weighted by Crippen LogP contribution is -2.60. The largest absolute Gasteiger partial charge is 0.460 e. The van der Waals surface area contributed by atoms with Gasteiger partial charge in [-0.3, -0.25) is 4.79 Å². The van der Waals surface area contributed by atoms with Crippen LogP contribution in [-0.2, 0) is 4.74 Å². The summed E-state index contributed by atoms with van der Waals surface area (Å²) in [4.78, 5) is 11.2. The molecule has 0 aliphatic carbocycles. The zero-order valence-corrected chi connectivity index (χ0v) is 15.4. The highest BCUT2D eigenvalue weighted by atomic mass is 35.5. The van der Waals surface area contributed by atoms with Crippen LogP contribution < -0.4 is 10.5 Å². The second-order valence-electron chi connectivity index (χ2n) is 6.40. The third kappa shape index (κ3) is 4.12. The molecule has 0 saturated carbocycles. The van der Waals surface area contributed by atoms with Gasteiger partial charge in [0.2, 0.25) is 12.2 Å². The van der Waals surface area contributed by atoms with E-state index in [1.54, 1.807) is 42.5 Å². The number of amides is 1. The standard InChI is InChI=1S/C19H20ClNO7/c20-12-7-11(9-1-3-10(4-2-9)18(21)26)5-6-13(12)27-19-17(25)16(24)15(23)14(8-22)28-19/h1-7,14-17,19,22-25H,8H2,(H2,21,26)/t14-,15-,16+,17+,19+/m1/s1. The van der Waals surface area contributed by atoms with Crippen molar-refractivity contribution in [3.05, 3.63) is 53.1 Å². The van der Waals surface area contributed by atoms with Crippen LogP contribution in [0, 0.1) is 0 Å². The number of carbonyl (C=O) groups is 1. The van der Waals surface area contributed by atoms with Crippen molar-refractivity contribution in [2.75, 3.05) is 6.61 Å². The average molecular weight is 410 g/mol. The summed E-state index contributed by atoms with van der Waals surface area (Å²) in [7, 11) is 0. The minimum absolute atomic E-state index is 0.184. The van der Waals surface area contributed by atoms with Gasteiger partial charge in [-0.1, -0.05) is 29.8 Å². The Morgan fingerprint density at radius 3 is 2.25 bits per heavy atom. The van der Waals surface area contributed by atoms with Gasteiger partial charge in [-0.15, -0.1) is 0 Å². The Labute approximate surface area is 165 Å². The lowest BCUT2D eigenvalue weighted by atomic mass is 9.99. The number of primary amides is 1. The van der Waals surface area contributed by atoms with Crippen LogP contribution in [0.1, 0.15) is 10.4 Å². The van der Waals surface area contributed by atoms with Gasteiger partial charge in [-0.05, 0) is 35.4 Å². The van der Waals surface area contributed by atoms with E-state index in [-0.39, 0.29) is 10.8 Å². The van der Waals surface area contributed by atoms with E-state index in [4.69, 9.17) is 26.8 Å². The third-order valence-corrected chi connectivity index (χ3v) is 4.82. The molecule has 3 rings (SSSR count). The van der Waals surface area contributed by atoms with E-state index in [9.17, 15) is 25.2 Å². The van der Waals surface area contributed by atoms with Gasteiger partial charge in [0.05, 0.1) is 11.6 Å². The summed E-state index contributed by atoms with van der Waals surface area (Å²) < 4.78 is 10.8. The second kappa shape index (κ2) is 8.44. The molecule has 1 fully saturated rings. The first kappa shape index (κ1) is 20.5. The molecule has 1 saturated heterocycles. The van der Waals surface area contributed by atoms with E-state index in [1.165, 1.54) is 0 Å². The summed E-state index contributed by atoms with van der Waals surface area (Å²) in [5.74, 6) is -0.337. The number of rotatable bonds is 5. The van der Waals surface area contributed by atoms with Crippen LogP contribution in [-0.4, -0.2) is 63.6 Å². The fourth-order valence-corrected chi connectivity index (χ4v) is 3.12. The molecule has 2 aromatic carbocycles. The van der Waals surface area contributed by atoms with Gasteiger partial charge in [0.15, 0.2) is 0 Å². The average Bonchev–Trinajstić information content (AvgIpc) is 2.69. The Bertz CT molecular complexity index is 843. The van der Waals surface area contributed by atoms with E-state index in [2.05, 4.69) is 0 Å². The van der Waals surface area contributed by atoms with E-state index in [0.29, 0.717) is 5.56 Å². The fraction of sp³-hybridized carbons (Fsp3) is 0.316. The molecule has 0 aromatic heterocycles. The summed E-state index contributed by atoms with van der Waals surface area (Å²) in [5, 5.41) is 39.1. The van der Waals surface area contributed by atoms with Crippen LogP contribution in [0.15, 0.2) is 42.5 Å². The maximum absolute atomic E-state index is 11.2. The molecule has 2 aromatic rings. The van der Waals surface area contributed by atoms with Crippen molar-refractivity contribution in [1.82, 2.24) is 0 Å². The number of halogens is 1. The van der Waals surface area contributed by atoms with Crippen LogP contribution >= 0.6 is 11.6 Å². The lowest BCUT2D eigenvalue weighted by Gasteiger charge is -2.39. The van der Waals surface area contributed by atoms with E-state index >= 15 is 0 Å². The molecule has 1 amide bonds. The van der Waals surface area contributed by atoms with Gasteiger partial charge < -0.3 is 35.6 Å². The van der Waals surface area contributed by atoms with Crippen LogP contribution in [0.25, 0.3) is 11.1 Å². The van der Waals surface area contributed by atoms with Gasteiger partial charge in [0.1, 0.15) is 30.2 Å². The summed E-state index contributed by atoms with van der Waals surface area (Å²) >= 11 is 6.27. The maximum atomic E-state index is 11.2. The Balaban J connectivity index is 1.78. The number of aliphatic hydroxyl groups excluding tert-OH is 4. The number of benzene rings is 2.